The third-order valence-electron chi connectivity index (χ3n) is 6.78. The summed E-state index contributed by atoms with van der Waals surface area (Å²) in [6, 6.07) is 21.5. The first-order chi connectivity index (χ1) is 15.9. The summed E-state index contributed by atoms with van der Waals surface area (Å²) >= 11 is 0. The second kappa shape index (κ2) is 9.65. The molecule has 0 radical (unpaired) electrons. The third kappa shape index (κ3) is 4.55. The van der Waals surface area contributed by atoms with Gasteiger partial charge in [0.2, 0.25) is 0 Å². The molecule has 1 aliphatic carbocycles. The van der Waals surface area contributed by atoms with Gasteiger partial charge in [0.25, 0.3) is 8.32 Å². The van der Waals surface area contributed by atoms with E-state index in [4.69, 9.17) is 13.6 Å². The molecule has 1 aromatic heterocycles. The fraction of sp³-hybridized carbons (Fsp3) is 0.407. The highest BCUT2D eigenvalue weighted by Crippen LogP contribution is 2.41. The van der Waals surface area contributed by atoms with Crippen LogP contribution in [0.25, 0.3) is 0 Å². The minimum Gasteiger partial charge on any atom is -0.464 e. The molecule has 1 fully saturated rings. The number of benzene rings is 2. The molecule has 4 rings (SSSR count). The summed E-state index contributed by atoms with van der Waals surface area (Å²) in [6.07, 6.45) is 5.10. The number of methoxy groups -OCH3 is 1. The molecule has 1 heterocycles. The molecule has 0 saturated heterocycles. The highest BCUT2D eigenvalue weighted by atomic mass is 28.4. The van der Waals surface area contributed by atoms with Gasteiger partial charge < -0.3 is 13.6 Å². The average Bonchev–Trinajstić information content (AvgIpc) is 3.33. The third-order valence-corrected chi connectivity index (χ3v) is 11.9. The van der Waals surface area contributed by atoms with Crippen LogP contribution in [0, 0.1) is 0 Å². The fourth-order valence-corrected chi connectivity index (χ4v) is 9.93. The lowest BCUT2D eigenvalue weighted by atomic mass is 9.85. The predicted octanol–water partition coefficient (Wildman–Crippen LogP) is 5.06. The number of aromatic nitrogens is 1. The number of hydrogen-bond acceptors (Lipinski definition) is 5. The van der Waals surface area contributed by atoms with Crippen LogP contribution in [-0.4, -0.2) is 32.5 Å². The van der Waals surface area contributed by atoms with Gasteiger partial charge in [0.05, 0.1) is 7.11 Å². The highest BCUT2D eigenvalue weighted by Gasteiger charge is 2.51. The van der Waals surface area contributed by atoms with E-state index in [2.05, 4.69) is 86.4 Å². The number of oxazole rings is 1. The lowest BCUT2D eigenvalue weighted by Crippen LogP contribution is -2.67. The molecule has 0 amide bonds. The van der Waals surface area contributed by atoms with E-state index in [1.807, 2.05) is 0 Å². The summed E-state index contributed by atoms with van der Waals surface area (Å²) in [4.78, 5) is 16.1. The Bertz CT molecular complexity index is 1010. The van der Waals surface area contributed by atoms with Gasteiger partial charge in [0.1, 0.15) is 5.76 Å². The lowest BCUT2D eigenvalue weighted by molar-refractivity contribution is 0.0590. The van der Waals surface area contributed by atoms with Crippen molar-refractivity contribution in [3.05, 3.63) is 78.5 Å². The Morgan fingerprint density at radius 3 is 1.97 bits per heavy atom. The number of carbonyl (C=O) groups excluding carboxylic acids is 1. The van der Waals surface area contributed by atoms with E-state index in [1.54, 1.807) is 0 Å². The smallest absolute Gasteiger partial charge is 0.360 e. The normalized spacial score (nSPS) is 19.3. The zero-order valence-corrected chi connectivity index (χ0v) is 20.9. The molecular weight excluding hydrogens is 430 g/mol. The van der Waals surface area contributed by atoms with Gasteiger partial charge in [-0.25, -0.2) is 9.78 Å². The van der Waals surface area contributed by atoms with Crippen molar-refractivity contribution in [3.8, 4) is 0 Å². The van der Waals surface area contributed by atoms with Crippen molar-refractivity contribution >= 4 is 24.7 Å². The molecule has 1 aliphatic rings. The molecule has 6 heteroatoms. The summed E-state index contributed by atoms with van der Waals surface area (Å²) < 4.78 is 17.8. The van der Waals surface area contributed by atoms with E-state index in [1.165, 1.54) is 23.9 Å². The van der Waals surface area contributed by atoms with Crippen LogP contribution in [0.4, 0.5) is 0 Å². The SMILES string of the molecule is COC(=O)c1ncoc1C1CCC(O[Si](c2ccccc2)(c2ccccc2)C(C)(C)C)CC1. The first kappa shape index (κ1) is 23.5. The number of carbonyl (C=O) groups is 1. The van der Waals surface area contributed by atoms with Gasteiger partial charge in [0.15, 0.2) is 12.1 Å². The monoisotopic (exact) mass is 463 g/mol. The lowest BCUT2D eigenvalue weighted by Gasteiger charge is -2.46. The summed E-state index contributed by atoms with van der Waals surface area (Å²) in [5.74, 6) is 0.357. The largest absolute Gasteiger partial charge is 0.464 e. The molecule has 33 heavy (non-hydrogen) atoms. The molecule has 0 atom stereocenters. The van der Waals surface area contributed by atoms with Crippen LogP contribution in [0.3, 0.4) is 0 Å². The van der Waals surface area contributed by atoms with Crippen LogP contribution in [0.1, 0.15) is 68.6 Å². The van der Waals surface area contributed by atoms with Crippen molar-refractivity contribution in [1.82, 2.24) is 4.98 Å². The first-order valence-corrected chi connectivity index (χ1v) is 13.6. The summed E-state index contributed by atoms with van der Waals surface area (Å²) in [5, 5.41) is 2.55. The van der Waals surface area contributed by atoms with Crippen molar-refractivity contribution in [2.24, 2.45) is 0 Å². The van der Waals surface area contributed by atoms with Gasteiger partial charge >= 0.3 is 5.97 Å². The maximum absolute atomic E-state index is 12.1. The molecular formula is C27H33NO4Si. The fourth-order valence-electron chi connectivity index (χ4n) is 5.18. The number of nitrogens with zero attached hydrogens (tertiary/aromatic N) is 1. The average molecular weight is 464 g/mol. The van der Waals surface area contributed by atoms with E-state index in [0.29, 0.717) is 11.5 Å². The van der Waals surface area contributed by atoms with Gasteiger partial charge in [-0.05, 0) is 41.1 Å². The van der Waals surface area contributed by atoms with E-state index >= 15 is 0 Å². The maximum Gasteiger partial charge on any atom is 0.360 e. The van der Waals surface area contributed by atoms with E-state index in [-0.39, 0.29) is 17.1 Å². The quantitative estimate of drug-likeness (QED) is 0.378. The van der Waals surface area contributed by atoms with E-state index in [9.17, 15) is 4.79 Å². The molecule has 2 aromatic carbocycles. The minimum atomic E-state index is -2.57. The second-order valence-corrected chi connectivity index (χ2v) is 14.1. The molecule has 0 bridgehead atoms. The Hall–Kier alpha value is -2.70. The molecule has 0 unspecified atom stereocenters. The van der Waals surface area contributed by atoms with Gasteiger partial charge in [-0.3, -0.25) is 0 Å². The van der Waals surface area contributed by atoms with Crippen LogP contribution in [0.15, 0.2) is 71.5 Å². The Labute approximate surface area is 197 Å². The Balaban J connectivity index is 1.61. The topological polar surface area (TPSA) is 61.6 Å². The Morgan fingerprint density at radius 1 is 0.939 bits per heavy atom. The molecule has 3 aromatic rings. The zero-order chi connectivity index (χ0) is 23.5. The van der Waals surface area contributed by atoms with Gasteiger partial charge in [0, 0.05) is 12.0 Å². The Kier molecular flexibility index (Phi) is 6.86. The number of ether oxygens (including phenoxy) is 1. The second-order valence-electron chi connectivity index (χ2n) is 9.81. The zero-order valence-electron chi connectivity index (χ0n) is 19.9. The van der Waals surface area contributed by atoms with E-state index < -0.39 is 14.3 Å². The van der Waals surface area contributed by atoms with Crippen molar-refractivity contribution in [2.75, 3.05) is 7.11 Å². The Morgan fingerprint density at radius 2 is 1.48 bits per heavy atom. The maximum atomic E-state index is 12.1. The van der Waals surface area contributed by atoms with Gasteiger partial charge in [-0.2, -0.15) is 0 Å². The summed E-state index contributed by atoms with van der Waals surface area (Å²) in [7, 11) is -1.20. The highest BCUT2D eigenvalue weighted by molar-refractivity contribution is 6.99. The van der Waals surface area contributed by atoms with Crippen LogP contribution >= 0.6 is 0 Å². The predicted molar refractivity (Wildman–Crippen MR) is 132 cm³/mol. The molecule has 5 nitrogen and oxygen atoms in total. The van der Waals surface area contributed by atoms with Gasteiger partial charge in [-0.15, -0.1) is 0 Å². The van der Waals surface area contributed by atoms with Crippen molar-refractivity contribution in [1.29, 1.82) is 0 Å². The van der Waals surface area contributed by atoms with Crippen LogP contribution in [-0.2, 0) is 9.16 Å². The van der Waals surface area contributed by atoms with Crippen LogP contribution in [0.2, 0.25) is 5.04 Å². The molecule has 0 N–H and O–H groups in total. The summed E-state index contributed by atoms with van der Waals surface area (Å²) in [5.41, 5.74) is 0.300. The number of hydrogen-bond donors (Lipinski definition) is 0. The first-order valence-electron chi connectivity index (χ1n) is 11.7. The van der Waals surface area contributed by atoms with Gasteiger partial charge in [-0.1, -0.05) is 81.4 Å². The van der Waals surface area contributed by atoms with Crippen molar-refractivity contribution in [2.45, 2.75) is 63.5 Å². The number of rotatable bonds is 6. The standard InChI is InChI=1S/C27H33NO4Si/c1-27(2,3)33(22-11-7-5-8-12-22,23-13-9-6-10-14-23)32-21-17-15-20(16-18-21)25-24(26(29)30-4)28-19-31-25/h5-14,19-21H,15-18H2,1-4H3. The molecule has 174 valence electrons. The van der Waals surface area contributed by atoms with Crippen molar-refractivity contribution < 1.29 is 18.4 Å². The van der Waals surface area contributed by atoms with Crippen LogP contribution in [0.5, 0.6) is 0 Å². The molecule has 1 saturated carbocycles. The van der Waals surface area contributed by atoms with Crippen LogP contribution < -0.4 is 10.4 Å². The number of esters is 1. The van der Waals surface area contributed by atoms with E-state index in [0.717, 1.165) is 25.7 Å². The molecule has 0 spiro atoms. The summed E-state index contributed by atoms with van der Waals surface area (Å²) in [6.45, 7) is 6.92. The molecule has 0 aliphatic heterocycles. The van der Waals surface area contributed by atoms with Crippen molar-refractivity contribution in [3.63, 3.8) is 0 Å². The minimum absolute atomic E-state index is 0.0461.